The van der Waals surface area contributed by atoms with E-state index < -0.39 is 10.0 Å². The van der Waals surface area contributed by atoms with Crippen LogP contribution in [0.1, 0.15) is 32.1 Å². The van der Waals surface area contributed by atoms with Crippen LogP contribution in [0.3, 0.4) is 0 Å². The first-order chi connectivity index (χ1) is 9.08. The Balaban J connectivity index is 1.90. The second kappa shape index (κ2) is 6.55. The predicted molar refractivity (Wildman–Crippen MR) is 77.8 cm³/mol. The molecule has 0 heterocycles. The van der Waals surface area contributed by atoms with Crippen molar-refractivity contribution in [2.45, 2.75) is 37.0 Å². The van der Waals surface area contributed by atoms with Crippen LogP contribution in [0.15, 0.2) is 40.8 Å². The maximum atomic E-state index is 12.0. The molecule has 1 aliphatic rings. The third kappa shape index (κ3) is 4.34. The highest BCUT2D eigenvalue weighted by Gasteiger charge is 2.13. The van der Waals surface area contributed by atoms with E-state index in [1.54, 1.807) is 12.1 Å². The van der Waals surface area contributed by atoms with Gasteiger partial charge in [-0.3, -0.25) is 0 Å². The van der Waals surface area contributed by atoms with Gasteiger partial charge >= 0.3 is 0 Å². The van der Waals surface area contributed by atoms with Crippen molar-refractivity contribution in [2.24, 2.45) is 0 Å². The summed E-state index contributed by atoms with van der Waals surface area (Å²) in [5.74, 6) is 0. The Kier molecular flexibility index (Phi) is 5.02. The molecule has 0 saturated carbocycles. The van der Waals surface area contributed by atoms with Gasteiger partial charge in [0.2, 0.25) is 10.0 Å². The summed E-state index contributed by atoms with van der Waals surface area (Å²) in [5.41, 5.74) is 1.37. The quantitative estimate of drug-likeness (QED) is 0.846. The highest BCUT2D eigenvalue weighted by atomic mass is 35.5. The molecule has 0 atom stereocenters. The van der Waals surface area contributed by atoms with Crippen molar-refractivity contribution in [1.29, 1.82) is 0 Å². The first-order valence-corrected chi connectivity index (χ1v) is 8.37. The van der Waals surface area contributed by atoms with Crippen molar-refractivity contribution in [3.63, 3.8) is 0 Å². The van der Waals surface area contributed by atoms with Crippen molar-refractivity contribution >= 4 is 21.6 Å². The lowest BCUT2D eigenvalue weighted by Gasteiger charge is -2.13. The van der Waals surface area contributed by atoms with Crippen LogP contribution in [-0.4, -0.2) is 15.0 Å². The minimum absolute atomic E-state index is 0.259. The molecule has 104 valence electrons. The third-order valence-corrected chi connectivity index (χ3v) is 4.98. The van der Waals surface area contributed by atoms with E-state index in [-0.39, 0.29) is 4.90 Å². The lowest BCUT2D eigenvalue weighted by molar-refractivity contribution is 0.579. The van der Waals surface area contributed by atoms with E-state index in [4.69, 9.17) is 11.6 Å². The van der Waals surface area contributed by atoms with Gasteiger partial charge < -0.3 is 0 Å². The standard InChI is InChI=1S/C14H18ClNO2S/c15-13-6-8-14(9-7-13)19(17,18)16-11-10-12-4-2-1-3-5-12/h4,6-9,16H,1-3,5,10-11H2. The molecule has 0 unspecified atom stereocenters. The van der Waals surface area contributed by atoms with Crippen molar-refractivity contribution in [1.82, 2.24) is 4.72 Å². The van der Waals surface area contributed by atoms with Crippen LogP contribution in [-0.2, 0) is 10.0 Å². The van der Waals surface area contributed by atoms with E-state index in [0.717, 1.165) is 19.3 Å². The predicted octanol–water partition coefficient (Wildman–Crippen LogP) is 3.51. The minimum atomic E-state index is -3.41. The largest absolute Gasteiger partial charge is 0.240 e. The highest BCUT2D eigenvalue weighted by Crippen LogP contribution is 2.20. The number of nitrogens with one attached hydrogen (secondary N) is 1. The maximum absolute atomic E-state index is 12.0. The van der Waals surface area contributed by atoms with Crippen LogP contribution in [0, 0.1) is 0 Å². The van der Waals surface area contributed by atoms with Gasteiger partial charge in [-0.15, -0.1) is 0 Å². The Bertz CT molecular complexity index is 549. The summed E-state index contributed by atoms with van der Waals surface area (Å²) in [6, 6.07) is 6.20. The summed E-state index contributed by atoms with van der Waals surface area (Å²) in [5, 5.41) is 0.534. The van der Waals surface area contributed by atoms with Gasteiger partial charge in [0, 0.05) is 11.6 Å². The topological polar surface area (TPSA) is 46.2 Å². The van der Waals surface area contributed by atoms with E-state index >= 15 is 0 Å². The molecule has 1 aromatic rings. The highest BCUT2D eigenvalue weighted by molar-refractivity contribution is 7.89. The zero-order valence-corrected chi connectivity index (χ0v) is 12.3. The molecule has 0 aromatic heterocycles. The van der Waals surface area contributed by atoms with Crippen molar-refractivity contribution in [3.8, 4) is 0 Å². The fourth-order valence-electron chi connectivity index (χ4n) is 2.17. The van der Waals surface area contributed by atoms with E-state index in [0.29, 0.717) is 11.6 Å². The SMILES string of the molecule is O=S(=O)(NCCC1=CCCCC1)c1ccc(Cl)cc1. The zero-order valence-electron chi connectivity index (χ0n) is 10.7. The molecule has 3 nitrogen and oxygen atoms in total. The molecule has 1 aliphatic carbocycles. The van der Waals surface area contributed by atoms with Crippen LogP contribution in [0.4, 0.5) is 0 Å². The van der Waals surface area contributed by atoms with Gasteiger partial charge in [0.25, 0.3) is 0 Å². The first kappa shape index (κ1) is 14.6. The molecule has 0 bridgehead atoms. The third-order valence-electron chi connectivity index (χ3n) is 3.25. The monoisotopic (exact) mass is 299 g/mol. The number of halogens is 1. The summed E-state index contributed by atoms with van der Waals surface area (Å²) < 4.78 is 26.7. The first-order valence-electron chi connectivity index (χ1n) is 6.51. The van der Waals surface area contributed by atoms with Crippen molar-refractivity contribution in [3.05, 3.63) is 40.9 Å². The lowest BCUT2D eigenvalue weighted by atomic mass is 9.97. The molecule has 0 spiro atoms. The van der Waals surface area contributed by atoms with E-state index in [1.807, 2.05) is 0 Å². The van der Waals surface area contributed by atoms with Crippen LogP contribution in [0.2, 0.25) is 5.02 Å². The van der Waals surface area contributed by atoms with Crippen LogP contribution in [0.25, 0.3) is 0 Å². The Morgan fingerprint density at radius 1 is 1.16 bits per heavy atom. The fraction of sp³-hybridized carbons (Fsp3) is 0.429. The Morgan fingerprint density at radius 3 is 2.53 bits per heavy atom. The molecular weight excluding hydrogens is 282 g/mol. The van der Waals surface area contributed by atoms with Crippen molar-refractivity contribution < 1.29 is 8.42 Å². The fourth-order valence-corrected chi connectivity index (χ4v) is 3.33. The number of benzene rings is 1. The molecule has 1 N–H and O–H groups in total. The molecule has 0 amide bonds. The van der Waals surface area contributed by atoms with Gasteiger partial charge in [0.1, 0.15) is 0 Å². The summed E-state index contributed by atoms with van der Waals surface area (Å²) in [4.78, 5) is 0.259. The molecule has 1 aromatic carbocycles. The lowest BCUT2D eigenvalue weighted by Crippen LogP contribution is -2.25. The Labute approximate surface area is 119 Å². The average Bonchev–Trinajstić information content (AvgIpc) is 2.40. The van der Waals surface area contributed by atoms with Gasteiger partial charge in [0.05, 0.1) is 4.90 Å². The van der Waals surface area contributed by atoms with Gasteiger partial charge in [0.15, 0.2) is 0 Å². The molecular formula is C14H18ClNO2S. The molecule has 2 rings (SSSR count). The van der Waals surface area contributed by atoms with Crippen molar-refractivity contribution in [2.75, 3.05) is 6.54 Å². The summed E-state index contributed by atoms with van der Waals surface area (Å²) in [7, 11) is -3.41. The number of sulfonamides is 1. The Hall–Kier alpha value is -0.840. The molecule has 0 radical (unpaired) electrons. The average molecular weight is 300 g/mol. The summed E-state index contributed by atoms with van der Waals surface area (Å²) in [6.45, 7) is 0.455. The minimum Gasteiger partial charge on any atom is -0.211 e. The number of allylic oxidation sites excluding steroid dienone is 1. The Morgan fingerprint density at radius 2 is 1.89 bits per heavy atom. The van der Waals surface area contributed by atoms with Crippen LogP contribution < -0.4 is 4.72 Å². The molecule has 0 saturated heterocycles. The summed E-state index contributed by atoms with van der Waals surface area (Å²) >= 11 is 5.74. The second-order valence-corrected chi connectivity index (χ2v) is 6.91. The van der Waals surface area contributed by atoms with Gasteiger partial charge in [-0.25, -0.2) is 13.1 Å². The normalized spacial score (nSPS) is 16.2. The molecule has 5 heteroatoms. The van der Waals surface area contributed by atoms with Gasteiger partial charge in [-0.05, 0) is 56.4 Å². The van der Waals surface area contributed by atoms with E-state index in [2.05, 4.69) is 10.8 Å². The molecule has 19 heavy (non-hydrogen) atoms. The van der Waals surface area contributed by atoms with E-state index in [9.17, 15) is 8.42 Å². The number of rotatable bonds is 5. The second-order valence-electron chi connectivity index (χ2n) is 4.71. The maximum Gasteiger partial charge on any atom is 0.240 e. The van der Waals surface area contributed by atoms with Gasteiger partial charge in [-0.2, -0.15) is 0 Å². The zero-order chi connectivity index (χ0) is 13.7. The number of hydrogen-bond acceptors (Lipinski definition) is 2. The number of hydrogen-bond donors (Lipinski definition) is 1. The van der Waals surface area contributed by atoms with E-state index in [1.165, 1.54) is 30.5 Å². The van der Waals surface area contributed by atoms with Crippen LogP contribution >= 0.6 is 11.6 Å². The van der Waals surface area contributed by atoms with Crippen LogP contribution in [0.5, 0.6) is 0 Å². The van der Waals surface area contributed by atoms with Gasteiger partial charge in [-0.1, -0.05) is 23.3 Å². The smallest absolute Gasteiger partial charge is 0.211 e. The molecule has 0 fully saturated rings. The molecule has 0 aliphatic heterocycles. The summed E-state index contributed by atoms with van der Waals surface area (Å²) in [6.07, 6.45) is 7.73.